The van der Waals surface area contributed by atoms with Crippen molar-refractivity contribution in [3.63, 3.8) is 0 Å². The smallest absolute Gasteiger partial charge is 0.246 e. The summed E-state index contributed by atoms with van der Waals surface area (Å²) in [6, 6.07) is 0.440. The van der Waals surface area contributed by atoms with Gasteiger partial charge < -0.3 is 10.2 Å². The Bertz CT molecular complexity index is 439. The highest BCUT2D eigenvalue weighted by Gasteiger charge is 2.33. The SMILES string of the molecule is CC(C)(C)C1CCNc2nc(N3CCCCC3)nn21. The van der Waals surface area contributed by atoms with E-state index in [0.717, 1.165) is 38.0 Å². The van der Waals surface area contributed by atoms with Crippen molar-refractivity contribution in [3.05, 3.63) is 0 Å². The molecule has 0 aromatic carbocycles. The van der Waals surface area contributed by atoms with E-state index in [1.165, 1.54) is 19.3 Å². The molecule has 1 N–H and O–H groups in total. The first kappa shape index (κ1) is 12.8. The minimum Gasteiger partial charge on any atom is -0.354 e. The lowest BCUT2D eigenvalue weighted by atomic mass is 9.84. The molecule has 0 radical (unpaired) electrons. The fraction of sp³-hybridized carbons (Fsp3) is 0.857. The summed E-state index contributed by atoms with van der Waals surface area (Å²) in [6.07, 6.45) is 4.99. The molecule has 2 aliphatic heterocycles. The number of piperidine rings is 1. The topological polar surface area (TPSA) is 46.0 Å². The van der Waals surface area contributed by atoms with E-state index >= 15 is 0 Å². The Kier molecular flexibility index (Phi) is 3.15. The van der Waals surface area contributed by atoms with E-state index in [-0.39, 0.29) is 5.41 Å². The van der Waals surface area contributed by atoms with Crippen LogP contribution >= 0.6 is 0 Å². The van der Waals surface area contributed by atoms with Gasteiger partial charge in [-0.15, -0.1) is 5.10 Å². The van der Waals surface area contributed by atoms with Gasteiger partial charge in [0.25, 0.3) is 0 Å². The Balaban J connectivity index is 1.88. The van der Waals surface area contributed by atoms with Gasteiger partial charge in [0.15, 0.2) is 0 Å². The van der Waals surface area contributed by atoms with Crippen molar-refractivity contribution in [2.45, 2.75) is 52.5 Å². The molecule has 106 valence electrons. The van der Waals surface area contributed by atoms with Crippen molar-refractivity contribution in [1.29, 1.82) is 0 Å². The molecule has 0 aliphatic carbocycles. The van der Waals surface area contributed by atoms with E-state index in [0.29, 0.717) is 6.04 Å². The fourth-order valence-corrected chi connectivity index (χ4v) is 3.12. The maximum absolute atomic E-state index is 4.79. The lowest BCUT2D eigenvalue weighted by molar-refractivity contribution is 0.210. The highest BCUT2D eigenvalue weighted by molar-refractivity contribution is 5.39. The molecular weight excluding hydrogens is 238 g/mol. The van der Waals surface area contributed by atoms with Crippen molar-refractivity contribution in [2.24, 2.45) is 5.41 Å². The average Bonchev–Trinajstić information content (AvgIpc) is 2.82. The third-order valence-corrected chi connectivity index (χ3v) is 4.25. The van der Waals surface area contributed by atoms with E-state index in [1.807, 2.05) is 0 Å². The Hall–Kier alpha value is -1.26. The number of fused-ring (bicyclic) bond motifs is 1. The highest BCUT2D eigenvalue weighted by atomic mass is 15.5. The summed E-state index contributed by atoms with van der Waals surface area (Å²) in [4.78, 5) is 7.03. The second-order valence-corrected chi connectivity index (χ2v) is 6.82. The predicted octanol–water partition coefficient (Wildman–Crippen LogP) is 2.67. The minimum absolute atomic E-state index is 0.226. The molecule has 1 aromatic heterocycles. The molecular formula is C14H25N5. The van der Waals surface area contributed by atoms with Crippen molar-refractivity contribution in [2.75, 3.05) is 29.9 Å². The fourth-order valence-electron chi connectivity index (χ4n) is 3.12. The number of nitrogens with zero attached hydrogens (tertiary/aromatic N) is 4. The summed E-state index contributed by atoms with van der Waals surface area (Å²) < 4.78 is 2.12. The summed E-state index contributed by atoms with van der Waals surface area (Å²) in [5, 5.41) is 8.18. The molecule has 5 heteroatoms. The van der Waals surface area contributed by atoms with E-state index in [2.05, 4.69) is 35.7 Å². The van der Waals surface area contributed by atoms with E-state index in [9.17, 15) is 0 Å². The third-order valence-electron chi connectivity index (χ3n) is 4.25. The van der Waals surface area contributed by atoms with Gasteiger partial charge in [-0.1, -0.05) is 20.8 Å². The molecule has 0 bridgehead atoms. The third kappa shape index (κ3) is 2.42. The van der Waals surface area contributed by atoms with Crippen molar-refractivity contribution in [1.82, 2.24) is 14.8 Å². The summed E-state index contributed by atoms with van der Waals surface area (Å²) >= 11 is 0. The molecule has 19 heavy (non-hydrogen) atoms. The molecule has 5 nitrogen and oxygen atoms in total. The maximum Gasteiger partial charge on any atom is 0.246 e. The standard InChI is InChI=1S/C14H25N5/c1-14(2,3)11-7-8-15-12-16-13(17-19(11)12)18-9-5-4-6-10-18/h11H,4-10H2,1-3H3,(H,15,16,17). The zero-order valence-electron chi connectivity index (χ0n) is 12.3. The van der Waals surface area contributed by atoms with Crippen molar-refractivity contribution in [3.8, 4) is 0 Å². The van der Waals surface area contributed by atoms with Crippen LogP contribution in [0, 0.1) is 5.41 Å². The molecule has 1 saturated heterocycles. The van der Waals surface area contributed by atoms with E-state index < -0.39 is 0 Å². The van der Waals surface area contributed by atoms with Crippen LogP contribution in [0.5, 0.6) is 0 Å². The molecule has 0 spiro atoms. The monoisotopic (exact) mass is 263 g/mol. The second kappa shape index (κ2) is 4.69. The van der Waals surface area contributed by atoms with Crippen LogP contribution in [0.3, 0.4) is 0 Å². The van der Waals surface area contributed by atoms with E-state index in [4.69, 9.17) is 10.1 Å². The molecule has 3 heterocycles. The summed E-state index contributed by atoms with van der Waals surface area (Å²) in [6.45, 7) is 10.1. The van der Waals surface area contributed by atoms with Crippen molar-refractivity contribution < 1.29 is 0 Å². The van der Waals surface area contributed by atoms with Gasteiger partial charge in [0, 0.05) is 19.6 Å². The number of hydrogen-bond acceptors (Lipinski definition) is 4. The Labute approximate surface area is 115 Å². The molecule has 1 aromatic rings. The van der Waals surface area contributed by atoms with Gasteiger partial charge in [-0.2, -0.15) is 4.98 Å². The number of hydrogen-bond donors (Lipinski definition) is 1. The van der Waals surface area contributed by atoms with Gasteiger partial charge in [0.05, 0.1) is 6.04 Å². The maximum atomic E-state index is 4.79. The first-order chi connectivity index (χ1) is 9.05. The van der Waals surface area contributed by atoms with Gasteiger partial charge in [-0.3, -0.25) is 0 Å². The molecule has 1 atom stereocenters. The first-order valence-corrected chi connectivity index (χ1v) is 7.51. The van der Waals surface area contributed by atoms with E-state index in [1.54, 1.807) is 0 Å². The average molecular weight is 263 g/mol. The molecule has 1 fully saturated rings. The van der Waals surface area contributed by atoms with Crippen LogP contribution in [0.15, 0.2) is 0 Å². The van der Waals surface area contributed by atoms with Gasteiger partial charge in [0.1, 0.15) is 0 Å². The largest absolute Gasteiger partial charge is 0.354 e. The number of rotatable bonds is 1. The lowest BCUT2D eigenvalue weighted by Crippen LogP contribution is -2.33. The van der Waals surface area contributed by atoms with Crippen LogP contribution in [0.4, 0.5) is 11.9 Å². The van der Waals surface area contributed by atoms with Gasteiger partial charge in [0.2, 0.25) is 11.9 Å². The van der Waals surface area contributed by atoms with Gasteiger partial charge >= 0.3 is 0 Å². The summed E-state index contributed by atoms with van der Waals surface area (Å²) in [5.41, 5.74) is 0.226. The van der Waals surface area contributed by atoms with Gasteiger partial charge in [-0.05, 0) is 31.1 Å². The highest BCUT2D eigenvalue weighted by Crippen LogP contribution is 2.37. The zero-order valence-corrected chi connectivity index (χ0v) is 12.3. The number of nitrogens with one attached hydrogen (secondary N) is 1. The quantitative estimate of drug-likeness (QED) is 0.846. The van der Waals surface area contributed by atoms with Crippen LogP contribution < -0.4 is 10.2 Å². The Morgan fingerprint density at radius 1 is 1.16 bits per heavy atom. The minimum atomic E-state index is 0.226. The predicted molar refractivity (Wildman–Crippen MR) is 77.7 cm³/mol. The van der Waals surface area contributed by atoms with Crippen LogP contribution in [-0.4, -0.2) is 34.4 Å². The second-order valence-electron chi connectivity index (χ2n) is 6.82. The van der Waals surface area contributed by atoms with Crippen LogP contribution in [0.2, 0.25) is 0 Å². The van der Waals surface area contributed by atoms with Crippen LogP contribution in [-0.2, 0) is 0 Å². The molecule has 3 rings (SSSR count). The Morgan fingerprint density at radius 2 is 1.89 bits per heavy atom. The summed E-state index contributed by atoms with van der Waals surface area (Å²) in [7, 11) is 0. The molecule has 0 saturated carbocycles. The number of anilines is 2. The normalized spacial score (nSPS) is 23.9. The molecule has 2 aliphatic rings. The lowest BCUT2D eigenvalue weighted by Gasteiger charge is -2.34. The summed E-state index contributed by atoms with van der Waals surface area (Å²) in [5.74, 6) is 1.87. The molecule has 1 unspecified atom stereocenters. The van der Waals surface area contributed by atoms with Crippen molar-refractivity contribution >= 4 is 11.9 Å². The van der Waals surface area contributed by atoms with Crippen LogP contribution in [0.1, 0.15) is 52.5 Å². The van der Waals surface area contributed by atoms with Crippen LogP contribution in [0.25, 0.3) is 0 Å². The zero-order chi connectivity index (χ0) is 13.5. The first-order valence-electron chi connectivity index (χ1n) is 7.51. The Morgan fingerprint density at radius 3 is 2.58 bits per heavy atom. The molecule has 0 amide bonds. The van der Waals surface area contributed by atoms with Gasteiger partial charge in [-0.25, -0.2) is 4.68 Å². The number of aromatic nitrogens is 3.